The summed E-state index contributed by atoms with van der Waals surface area (Å²) in [5.41, 5.74) is 1.57. The Hall–Kier alpha value is -2.64. The number of hydrogen-bond donors (Lipinski definition) is 5. The Bertz CT molecular complexity index is 1270. The van der Waals surface area contributed by atoms with Gasteiger partial charge in [0.25, 0.3) is 5.91 Å². The van der Waals surface area contributed by atoms with Crippen molar-refractivity contribution in [1.29, 1.82) is 0 Å². The van der Waals surface area contributed by atoms with Gasteiger partial charge in [-0.2, -0.15) is 0 Å². The first-order chi connectivity index (χ1) is 19.0. The van der Waals surface area contributed by atoms with E-state index in [1.54, 1.807) is 34.9 Å². The third-order valence-corrected chi connectivity index (χ3v) is 6.54. The summed E-state index contributed by atoms with van der Waals surface area (Å²) >= 11 is 0. The Kier molecular flexibility index (Phi) is 13.6. The molecule has 1 aromatic heterocycles. The summed E-state index contributed by atoms with van der Waals surface area (Å²) in [6, 6.07) is 13.1. The average molecular weight is 580 g/mol. The Balaban J connectivity index is 0.00000588. The predicted octanol–water partition coefficient (Wildman–Crippen LogP) is -1.72. The topological polar surface area (TPSA) is 168 Å². The van der Waals surface area contributed by atoms with Gasteiger partial charge < -0.3 is 40.2 Å². The van der Waals surface area contributed by atoms with Crippen LogP contribution in [-0.2, 0) is 11.3 Å². The number of carboxylic acids is 1. The van der Waals surface area contributed by atoms with Crippen molar-refractivity contribution in [1.82, 2.24) is 14.9 Å². The maximum atomic E-state index is 13.7. The largest absolute Gasteiger partial charge is 1.00 e. The molecule has 0 aliphatic carbocycles. The van der Waals surface area contributed by atoms with Gasteiger partial charge in [-0.15, -0.1) is 0 Å². The Labute approximate surface area is 260 Å². The van der Waals surface area contributed by atoms with E-state index in [4.69, 9.17) is 0 Å². The van der Waals surface area contributed by atoms with Crippen LogP contribution in [0.1, 0.15) is 66.9 Å². The monoisotopic (exact) mass is 579 g/mol. The molecule has 41 heavy (non-hydrogen) atoms. The number of aliphatic carboxylic acids is 1. The minimum absolute atomic E-state index is 0. The molecule has 3 aromatic rings. The van der Waals surface area contributed by atoms with Crippen LogP contribution in [0.4, 0.5) is 4.39 Å². The summed E-state index contributed by atoms with van der Waals surface area (Å²) in [5.74, 6) is -2.42. The third kappa shape index (κ3) is 9.44. The summed E-state index contributed by atoms with van der Waals surface area (Å²) in [5, 5.41) is 54.5. The normalized spacial score (nSPS) is 14.1. The van der Waals surface area contributed by atoms with Crippen molar-refractivity contribution >= 4 is 11.9 Å². The number of aliphatic hydroxyl groups excluding tert-OH is 4. The molecular weight excluding hydrogens is 544 g/mol. The smallest absolute Gasteiger partial charge is 0.550 e. The van der Waals surface area contributed by atoms with Crippen LogP contribution in [0.15, 0.2) is 54.6 Å². The predicted molar refractivity (Wildman–Crippen MR) is 142 cm³/mol. The van der Waals surface area contributed by atoms with Crippen LogP contribution in [0.2, 0.25) is 0 Å². The number of carbonyl (C=O) groups excluding carboxylic acids is 2. The van der Waals surface area contributed by atoms with E-state index in [0.29, 0.717) is 22.6 Å². The maximum absolute atomic E-state index is 13.7. The zero-order valence-electron chi connectivity index (χ0n) is 23.4. The molecule has 3 rings (SSSR count). The van der Waals surface area contributed by atoms with Crippen molar-refractivity contribution in [2.45, 2.75) is 69.9 Å². The van der Waals surface area contributed by atoms with Gasteiger partial charge in [-0.05, 0) is 48.6 Å². The number of halogens is 1. The summed E-state index contributed by atoms with van der Waals surface area (Å²) in [6.45, 7) is 3.31. The number of amides is 1. The number of rotatable bonds is 14. The Morgan fingerprint density at radius 2 is 1.66 bits per heavy atom. The molecule has 1 heterocycles. The summed E-state index contributed by atoms with van der Waals surface area (Å²) in [6.07, 6.45) is -4.22. The van der Waals surface area contributed by atoms with Gasteiger partial charge in [0, 0.05) is 24.5 Å². The molecule has 0 fully saturated rings. The van der Waals surface area contributed by atoms with Crippen molar-refractivity contribution in [3.63, 3.8) is 0 Å². The van der Waals surface area contributed by atoms with Gasteiger partial charge in [-0.1, -0.05) is 44.2 Å². The van der Waals surface area contributed by atoms with Crippen molar-refractivity contribution in [3.8, 4) is 11.4 Å². The van der Waals surface area contributed by atoms with Gasteiger partial charge in [-0.3, -0.25) is 4.79 Å². The molecule has 0 bridgehead atoms. The third-order valence-electron chi connectivity index (χ3n) is 6.54. The Morgan fingerprint density at radius 1 is 1.02 bits per heavy atom. The zero-order valence-corrected chi connectivity index (χ0v) is 25.4. The number of carbonyl (C=O) groups is 2. The quantitative estimate of drug-likeness (QED) is 0.141. The van der Waals surface area contributed by atoms with Gasteiger partial charge in [0.15, 0.2) is 0 Å². The molecule has 0 radical (unpaired) electrons. The number of hydrogen-bond acceptors (Lipinski definition) is 8. The first-order valence-corrected chi connectivity index (χ1v) is 13.1. The summed E-state index contributed by atoms with van der Waals surface area (Å²) < 4.78 is 15.4. The van der Waals surface area contributed by atoms with Gasteiger partial charge in [0.1, 0.15) is 23.4 Å². The van der Waals surface area contributed by atoms with Gasteiger partial charge >= 0.3 is 29.6 Å². The summed E-state index contributed by atoms with van der Waals surface area (Å²) in [7, 11) is 0. The molecule has 0 saturated heterocycles. The van der Waals surface area contributed by atoms with Gasteiger partial charge in [-0.25, -0.2) is 9.37 Å². The number of nitrogens with one attached hydrogen (secondary N) is 1. The molecule has 0 saturated carbocycles. The van der Waals surface area contributed by atoms with Crippen LogP contribution in [0, 0.1) is 5.82 Å². The first kappa shape index (κ1) is 34.6. The number of carboxylic acid groups (broad SMARTS) is 1. The fourth-order valence-corrected chi connectivity index (χ4v) is 4.59. The number of aliphatic hydroxyl groups is 4. The molecule has 216 valence electrons. The van der Waals surface area contributed by atoms with Crippen LogP contribution >= 0.6 is 0 Å². The second-order valence-electron chi connectivity index (χ2n) is 10.0. The summed E-state index contributed by atoms with van der Waals surface area (Å²) in [4.78, 5) is 28.8. The number of aromatic nitrogens is 2. The molecule has 0 aliphatic rings. The maximum Gasteiger partial charge on any atom is 1.00 e. The second kappa shape index (κ2) is 16.1. The zero-order chi connectivity index (χ0) is 29.4. The van der Waals surface area contributed by atoms with E-state index in [1.807, 2.05) is 13.8 Å². The van der Waals surface area contributed by atoms with Gasteiger partial charge in [0.05, 0.1) is 30.6 Å². The van der Waals surface area contributed by atoms with Crippen molar-refractivity contribution in [2.75, 3.05) is 6.61 Å². The standard InChI is InChI=1S/C29H36FN3O7.Na/c1-17(2)26-25(29(40)31-23(16-34)27(39)18-6-4-3-5-7-18)32-28(19-8-10-20(30)11-9-19)33(26)13-12-21(35)14-22(36)15-24(37)38;/h3-11,17,21-23,27,34-36,39H,12-16H2,1-2H3,(H,31,40)(H,37,38);/q;+1/p-1/t21-,22-,23-,27-;/m1./s1. The van der Waals surface area contributed by atoms with Crippen LogP contribution < -0.4 is 40.0 Å². The number of nitrogens with zero attached hydrogens (tertiary/aromatic N) is 2. The first-order valence-electron chi connectivity index (χ1n) is 13.1. The molecule has 12 heteroatoms. The SMILES string of the molecule is CC(C)c1c(C(=O)N[C@H](CO)[C@H](O)c2ccccc2)nc(-c2ccc(F)cc2)n1CC[C@@H](O)C[C@@H](O)CC(=O)[O-].[Na+]. The number of imidazole rings is 1. The fourth-order valence-electron chi connectivity index (χ4n) is 4.59. The van der Waals surface area contributed by atoms with Crippen LogP contribution in [0.3, 0.4) is 0 Å². The van der Waals surface area contributed by atoms with E-state index in [9.17, 15) is 39.5 Å². The van der Waals surface area contributed by atoms with Gasteiger partial charge in [0.2, 0.25) is 0 Å². The van der Waals surface area contributed by atoms with Crippen LogP contribution in [0.5, 0.6) is 0 Å². The van der Waals surface area contributed by atoms with Crippen molar-refractivity contribution in [3.05, 3.63) is 77.4 Å². The van der Waals surface area contributed by atoms with E-state index in [2.05, 4.69) is 10.3 Å². The fraction of sp³-hybridized carbons (Fsp3) is 0.414. The van der Waals surface area contributed by atoms with E-state index < -0.39 is 55.1 Å². The van der Waals surface area contributed by atoms with E-state index in [0.717, 1.165) is 0 Å². The molecular formula is C29H35FN3NaO7. The molecule has 0 spiro atoms. The second-order valence-corrected chi connectivity index (χ2v) is 10.0. The van der Waals surface area contributed by atoms with Crippen molar-refractivity contribution in [2.24, 2.45) is 0 Å². The van der Waals surface area contributed by atoms with Crippen LogP contribution in [-0.4, -0.2) is 66.7 Å². The van der Waals surface area contributed by atoms with Crippen LogP contribution in [0.25, 0.3) is 11.4 Å². The Morgan fingerprint density at radius 3 is 2.22 bits per heavy atom. The average Bonchev–Trinajstić information content (AvgIpc) is 3.30. The molecule has 5 N–H and O–H groups in total. The molecule has 1 amide bonds. The molecule has 10 nitrogen and oxygen atoms in total. The van der Waals surface area contributed by atoms with E-state index in [-0.39, 0.29) is 60.6 Å². The van der Waals surface area contributed by atoms with E-state index >= 15 is 0 Å². The van der Waals surface area contributed by atoms with Crippen molar-refractivity contribution < 1.29 is 69.1 Å². The minimum atomic E-state index is -1.43. The molecule has 4 atom stereocenters. The molecule has 2 aromatic carbocycles. The molecule has 0 unspecified atom stereocenters. The minimum Gasteiger partial charge on any atom is -0.550 e. The number of benzene rings is 2. The van der Waals surface area contributed by atoms with E-state index in [1.165, 1.54) is 24.3 Å². The molecule has 0 aliphatic heterocycles.